The second-order valence-corrected chi connectivity index (χ2v) is 9.57. The minimum atomic E-state index is -3.70. The third kappa shape index (κ3) is 4.48. The van der Waals surface area contributed by atoms with Crippen LogP contribution >= 0.6 is 23.2 Å². The minimum Gasteiger partial charge on any atom is -0.493 e. The summed E-state index contributed by atoms with van der Waals surface area (Å²) in [5, 5.41) is 0.284. The van der Waals surface area contributed by atoms with Gasteiger partial charge in [0, 0.05) is 0 Å². The molecule has 0 spiro atoms. The molecule has 1 saturated heterocycles. The number of quaternary nitrogens is 1. The third-order valence-electron chi connectivity index (χ3n) is 5.19. The maximum Gasteiger partial charge on any atom is 0.245 e. The highest BCUT2D eigenvalue weighted by Crippen LogP contribution is 2.39. The topological polar surface area (TPSA) is 69.5 Å². The summed E-state index contributed by atoms with van der Waals surface area (Å²) in [6.07, 6.45) is 0. The van der Waals surface area contributed by atoms with Crippen molar-refractivity contribution in [2.75, 3.05) is 47.5 Å². The van der Waals surface area contributed by atoms with E-state index in [4.69, 9.17) is 37.4 Å². The van der Waals surface area contributed by atoms with Crippen LogP contribution in [0.3, 0.4) is 0 Å². The molecule has 0 amide bonds. The molecule has 164 valence electrons. The van der Waals surface area contributed by atoms with Gasteiger partial charge >= 0.3 is 0 Å². The van der Waals surface area contributed by atoms with Crippen molar-refractivity contribution in [3.63, 3.8) is 0 Å². The molecule has 1 aliphatic rings. The van der Waals surface area contributed by atoms with Crippen molar-refractivity contribution in [1.29, 1.82) is 0 Å². The lowest BCUT2D eigenvalue weighted by Gasteiger charge is -2.32. The molecule has 0 radical (unpaired) electrons. The molecule has 0 atom stereocenters. The third-order valence-corrected chi connectivity index (χ3v) is 8.06. The van der Waals surface area contributed by atoms with Crippen LogP contribution in [-0.2, 0) is 16.6 Å². The highest BCUT2D eigenvalue weighted by molar-refractivity contribution is 7.89. The zero-order valence-corrected chi connectivity index (χ0v) is 19.4. The fourth-order valence-electron chi connectivity index (χ4n) is 3.61. The van der Waals surface area contributed by atoms with E-state index in [9.17, 15) is 8.42 Å². The van der Waals surface area contributed by atoms with Crippen molar-refractivity contribution < 1.29 is 27.5 Å². The number of ether oxygens (including phenoxy) is 3. The van der Waals surface area contributed by atoms with Crippen LogP contribution in [0.4, 0.5) is 0 Å². The molecule has 2 aromatic rings. The Bertz CT molecular complexity index is 1010. The van der Waals surface area contributed by atoms with Crippen molar-refractivity contribution in [3.05, 3.63) is 45.9 Å². The van der Waals surface area contributed by atoms with Crippen molar-refractivity contribution in [2.45, 2.75) is 11.4 Å². The van der Waals surface area contributed by atoms with Gasteiger partial charge in [0.15, 0.2) is 11.5 Å². The van der Waals surface area contributed by atoms with Gasteiger partial charge in [-0.1, -0.05) is 29.3 Å². The van der Waals surface area contributed by atoms with Crippen LogP contribution in [0.25, 0.3) is 0 Å². The highest BCUT2D eigenvalue weighted by atomic mass is 35.5. The molecule has 0 saturated carbocycles. The van der Waals surface area contributed by atoms with Crippen LogP contribution in [0.2, 0.25) is 10.0 Å². The van der Waals surface area contributed by atoms with E-state index in [1.807, 2.05) is 12.1 Å². The summed E-state index contributed by atoms with van der Waals surface area (Å²) in [6.45, 7) is 2.74. The van der Waals surface area contributed by atoms with Crippen LogP contribution in [0.15, 0.2) is 35.2 Å². The Morgan fingerprint density at radius 2 is 1.63 bits per heavy atom. The van der Waals surface area contributed by atoms with Crippen molar-refractivity contribution >= 4 is 33.2 Å². The number of hydrogen-bond donors (Lipinski definition) is 1. The fourth-order valence-corrected chi connectivity index (χ4v) is 5.79. The molecular weight excluding hydrogens is 451 g/mol. The second-order valence-electron chi connectivity index (χ2n) is 6.88. The molecule has 0 aromatic heterocycles. The van der Waals surface area contributed by atoms with E-state index in [0.717, 1.165) is 5.56 Å². The normalized spacial score (nSPS) is 15.8. The number of nitrogens with zero attached hydrogens (tertiary/aromatic N) is 1. The number of sulfonamides is 1. The molecule has 0 unspecified atom stereocenters. The van der Waals surface area contributed by atoms with Gasteiger partial charge in [-0.3, -0.25) is 0 Å². The Morgan fingerprint density at radius 1 is 0.967 bits per heavy atom. The summed E-state index contributed by atoms with van der Waals surface area (Å²) in [7, 11) is 1.04. The van der Waals surface area contributed by atoms with Crippen LogP contribution in [-0.4, -0.2) is 60.2 Å². The zero-order valence-electron chi connectivity index (χ0n) is 17.1. The Morgan fingerprint density at radius 3 is 2.23 bits per heavy atom. The molecule has 10 heteroatoms. The van der Waals surface area contributed by atoms with Crippen molar-refractivity contribution in [1.82, 2.24) is 4.31 Å². The molecule has 30 heavy (non-hydrogen) atoms. The van der Waals surface area contributed by atoms with E-state index >= 15 is 0 Å². The SMILES string of the molecule is COc1ccc(C[NH+]2CCN(S(=O)(=O)c3cccc(Cl)c3Cl)CC2)c(OC)c1OC. The van der Waals surface area contributed by atoms with Crippen LogP contribution in [0, 0.1) is 0 Å². The quantitative estimate of drug-likeness (QED) is 0.663. The van der Waals surface area contributed by atoms with Crippen molar-refractivity contribution in [3.8, 4) is 17.2 Å². The van der Waals surface area contributed by atoms with E-state index < -0.39 is 10.0 Å². The van der Waals surface area contributed by atoms with E-state index in [2.05, 4.69) is 0 Å². The summed E-state index contributed by atoms with van der Waals surface area (Å²) in [5.41, 5.74) is 0.972. The summed E-state index contributed by atoms with van der Waals surface area (Å²) >= 11 is 12.1. The molecule has 1 N–H and O–H groups in total. The lowest BCUT2D eigenvalue weighted by atomic mass is 10.1. The lowest BCUT2D eigenvalue weighted by Crippen LogP contribution is -3.13. The van der Waals surface area contributed by atoms with Crippen LogP contribution in [0.1, 0.15) is 5.56 Å². The van der Waals surface area contributed by atoms with Gasteiger partial charge in [0.05, 0.1) is 63.1 Å². The maximum absolute atomic E-state index is 13.0. The number of nitrogens with one attached hydrogen (secondary N) is 1. The molecule has 3 rings (SSSR count). The molecule has 1 heterocycles. The van der Waals surface area contributed by atoms with E-state index in [-0.39, 0.29) is 14.9 Å². The average molecular weight is 476 g/mol. The minimum absolute atomic E-state index is 0.0432. The Labute approximate surface area is 187 Å². The van der Waals surface area contributed by atoms with Gasteiger partial charge in [0.2, 0.25) is 15.8 Å². The maximum atomic E-state index is 13.0. The summed E-state index contributed by atoms with van der Waals surface area (Å²) in [4.78, 5) is 1.28. The largest absolute Gasteiger partial charge is 0.493 e. The molecule has 1 fully saturated rings. The smallest absolute Gasteiger partial charge is 0.245 e. The number of rotatable bonds is 7. The first-order valence-corrected chi connectivity index (χ1v) is 11.6. The highest BCUT2D eigenvalue weighted by Gasteiger charge is 2.32. The monoisotopic (exact) mass is 475 g/mol. The summed E-state index contributed by atoms with van der Waals surface area (Å²) in [5.74, 6) is 1.78. The molecular formula is C20H25Cl2N2O5S+. The Kier molecular flexibility index (Phi) is 7.36. The van der Waals surface area contributed by atoms with E-state index in [0.29, 0.717) is 50.0 Å². The summed E-state index contributed by atoms with van der Waals surface area (Å²) < 4.78 is 43.8. The van der Waals surface area contributed by atoms with Crippen molar-refractivity contribution in [2.24, 2.45) is 0 Å². The van der Waals surface area contributed by atoms with Gasteiger partial charge in [0.1, 0.15) is 11.4 Å². The Hall–Kier alpha value is -1.71. The first-order valence-electron chi connectivity index (χ1n) is 9.39. The zero-order chi connectivity index (χ0) is 21.9. The van der Waals surface area contributed by atoms with Crippen LogP contribution in [0.5, 0.6) is 17.2 Å². The molecule has 0 bridgehead atoms. The van der Waals surface area contributed by atoms with E-state index in [1.165, 1.54) is 15.3 Å². The van der Waals surface area contributed by atoms with Gasteiger partial charge in [-0.15, -0.1) is 0 Å². The fraction of sp³-hybridized carbons (Fsp3) is 0.400. The standard InChI is InChI=1S/C20H24Cl2N2O5S/c1-27-16-8-7-14(19(28-2)20(16)29-3)13-23-9-11-24(12-10-23)30(25,26)17-6-4-5-15(21)18(17)22/h4-8H,9-13H2,1-3H3/p+1. The van der Waals surface area contributed by atoms with Crippen LogP contribution < -0.4 is 19.1 Å². The van der Waals surface area contributed by atoms with Gasteiger partial charge < -0.3 is 19.1 Å². The predicted molar refractivity (Wildman–Crippen MR) is 116 cm³/mol. The number of benzene rings is 2. The van der Waals surface area contributed by atoms with E-state index in [1.54, 1.807) is 33.5 Å². The molecule has 1 aliphatic heterocycles. The number of hydrogen-bond acceptors (Lipinski definition) is 5. The number of halogens is 2. The molecule has 7 nitrogen and oxygen atoms in total. The molecule has 0 aliphatic carbocycles. The molecule has 2 aromatic carbocycles. The van der Waals surface area contributed by atoms with Gasteiger partial charge in [-0.25, -0.2) is 8.42 Å². The predicted octanol–water partition coefficient (Wildman–Crippen LogP) is 2.11. The van der Waals surface area contributed by atoms with Gasteiger partial charge in [0.25, 0.3) is 0 Å². The number of piperazine rings is 1. The van der Waals surface area contributed by atoms with Gasteiger partial charge in [-0.05, 0) is 24.3 Å². The average Bonchev–Trinajstić information content (AvgIpc) is 2.75. The first kappa shape index (κ1) is 23.0. The van der Waals surface area contributed by atoms with Gasteiger partial charge in [-0.2, -0.15) is 4.31 Å². The summed E-state index contributed by atoms with van der Waals surface area (Å²) in [6, 6.07) is 8.44. The number of methoxy groups -OCH3 is 3. The second kappa shape index (κ2) is 9.62. The lowest BCUT2D eigenvalue weighted by molar-refractivity contribution is -0.917. The first-order chi connectivity index (χ1) is 14.3. The Balaban J connectivity index is 1.73.